The van der Waals surface area contributed by atoms with E-state index in [9.17, 15) is 4.79 Å². The number of hydrazine groups is 1. The molecule has 1 aromatic rings. The molecule has 1 aromatic carbocycles. The highest BCUT2D eigenvalue weighted by molar-refractivity contribution is 5.99. The first-order valence-corrected chi connectivity index (χ1v) is 7.20. The molecule has 1 fully saturated rings. The van der Waals surface area contributed by atoms with Crippen molar-refractivity contribution >= 4 is 11.6 Å². The van der Waals surface area contributed by atoms with Crippen LogP contribution < -0.4 is 10.7 Å². The largest absolute Gasteiger partial charge is 0.384 e. The summed E-state index contributed by atoms with van der Waals surface area (Å²) in [6.07, 6.45) is 4.63. The highest BCUT2D eigenvalue weighted by atomic mass is 16.2. The second kappa shape index (κ2) is 7.14. The molecule has 2 N–H and O–H groups in total. The van der Waals surface area contributed by atoms with E-state index in [-0.39, 0.29) is 5.91 Å². The first-order chi connectivity index (χ1) is 9.31. The Morgan fingerprint density at radius 1 is 1.21 bits per heavy atom. The topological polar surface area (TPSA) is 44.4 Å². The van der Waals surface area contributed by atoms with Gasteiger partial charge in [-0.1, -0.05) is 25.5 Å². The molecule has 4 heteroatoms. The summed E-state index contributed by atoms with van der Waals surface area (Å²) in [6.45, 7) is 4.91. The summed E-state index contributed by atoms with van der Waals surface area (Å²) < 4.78 is 0. The standard InChI is InChI=1S/C15H23N3O/c1-2-10-16-14-9-5-4-8-13(14)15(19)17-18-11-6-3-7-12-18/h4-5,8-9,16H,2-3,6-7,10-12H2,1H3,(H,17,19). The van der Waals surface area contributed by atoms with Crippen molar-refractivity contribution in [2.75, 3.05) is 25.0 Å². The average Bonchev–Trinajstić information content (AvgIpc) is 2.46. The third-order valence-corrected chi connectivity index (χ3v) is 3.35. The molecule has 2 rings (SSSR count). The lowest BCUT2D eigenvalue weighted by Gasteiger charge is -2.27. The summed E-state index contributed by atoms with van der Waals surface area (Å²) in [7, 11) is 0. The predicted octanol–water partition coefficient (Wildman–Crippen LogP) is 2.64. The Hall–Kier alpha value is -1.55. The fourth-order valence-corrected chi connectivity index (χ4v) is 2.30. The van der Waals surface area contributed by atoms with Crippen LogP contribution in [0.2, 0.25) is 0 Å². The van der Waals surface area contributed by atoms with Crippen LogP contribution in [0.25, 0.3) is 0 Å². The zero-order valence-electron chi connectivity index (χ0n) is 11.6. The fraction of sp³-hybridized carbons (Fsp3) is 0.533. The van der Waals surface area contributed by atoms with E-state index >= 15 is 0 Å². The molecule has 0 atom stereocenters. The van der Waals surface area contributed by atoms with E-state index < -0.39 is 0 Å². The number of anilines is 1. The van der Waals surface area contributed by atoms with Gasteiger partial charge in [0.25, 0.3) is 5.91 Å². The molecule has 0 saturated carbocycles. The Morgan fingerprint density at radius 3 is 2.68 bits per heavy atom. The van der Waals surface area contributed by atoms with Crippen LogP contribution in [-0.4, -0.2) is 30.6 Å². The van der Waals surface area contributed by atoms with Crippen molar-refractivity contribution in [1.82, 2.24) is 10.4 Å². The molecule has 0 unspecified atom stereocenters. The summed E-state index contributed by atoms with van der Waals surface area (Å²) >= 11 is 0. The molecule has 0 radical (unpaired) electrons. The fourth-order valence-electron chi connectivity index (χ4n) is 2.30. The summed E-state index contributed by atoms with van der Waals surface area (Å²) in [6, 6.07) is 7.69. The highest BCUT2D eigenvalue weighted by Gasteiger charge is 2.16. The Labute approximate surface area is 115 Å². The Morgan fingerprint density at radius 2 is 1.95 bits per heavy atom. The van der Waals surface area contributed by atoms with Gasteiger partial charge in [0.05, 0.1) is 5.56 Å². The van der Waals surface area contributed by atoms with Gasteiger partial charge in [0.2, 0.25) is 0 Å². The number of nitrogens with zero attached hydrogens (tertiary/aromatic N) is 1. The maximum Gasteiger partial charge on any atom is 0.267 e. The summed E-state index contributed by atoms with van der Waals surface area (Å²) in [5.41, 5.74) is 4.65. The van der Waals surface area contributed by atoms with Crippen LogP contribution >= 0.6 is 0 Å². The minimum Gasteiger partial charge on any atom is -0.384 e. The SMILES string of the molecule is CCCNc1ccccc1C(=O)NN1CCCCC1. The van der Waals surface area contributed by atoms with Crippen molar-refractivity contribution < 1.29 is 4.79 Å². The van der Waals surface area contributed by atoms with Crippen LogP contribution in [0.1, 0.15) is 43.0 Å². The van der Waals surface area contributed by atoms with E-state index in [4.69, 9.17) is 0 Å². The number of amides is 1. The van der Waals surface area contributed by atoms with Gasteiger partial charge in [-0.25, -0.2) is 5.01 Å². The van der Waals surface area contributed by atoms with Crippen LogP contribution in [0.15, 0.2) is 24.3 Å². The number of nitrogens with one attached hydrogen (secondary N) is 2. The zero-order valence-corrected chi connectivity index (χ0v) is 11.6. The van der Waals surface area contributed by atoms with Gasteiger partial charge in [0.1, 0.15) is 0 Å². The number of piperidine rings is 1. The van der Waals surface area contributed by atoms with Gasteiger partial charge in [0, 0.05) is 25.3 Å². The van der Waals surface area contributed by atoms with E-state index in [2.05, 4.69) is 17.7 Å². The first kappa shape index (κ1) is 13.9. The van der Waals surface area contributed by atoms with Crippen LogP contribution in [-0.2, 0) is 0 Å². The lowest BCUT2D eigenvalue weighted by molar-refractivity contribution is 0.0751. The number of carbonyl (C=O) groups is 1. The molecule has 1 aliphatic rings. The van der Waals surface area contributed by atoms with Crippen molar-refractivity contribution in [3.63, 3.8) is 0 Å². The van der Waals surface area contributed by atoms with Crippen molar-refractivity contribution in [3.8, 4) is 0 Å². The van der Waals surface area contributed by atoms with Crippen molar-refractivity contribution in [1.29, 1.82) is 0 Å². The normalized spacial score (nSPS) is 16.1. The quantitative estimate of drug-likeness (QED) is 0.856. The van der Waals surface area contributed by atoms with Gasteiger partial charge >= 0.3 is 0 Å². The summed E-state index contributed by atoms with van der Waals surface area (Å²) in [5.74, 6) is -0.0129. The van der Waals surface area contributed by atoms with E-state index in [0.717, 1.165) is 50.1 Å². The molecule has 1 saturated heterocycles. The summed E-state index contributed by atoms with van der Waals surface area (Å²) in [5, 5.41) is 5.33. The van der Waals surface area contributed by atoms with Crippen LogP contribution in [0, 0.1) is 0 Å². The van der Waals surface area contributed by atoms with Crippen LogP contribution in [0.5, 0.6) is 0 Å². The lowest BCUT2D eigenvalue weighted by Crippen LogP contribution is -2.45. The van der Waals surface area contributed by atoms with Crippen molar-refractivity contribution in [2.45, 2.75) is 32.6 Å². The Kier molecular flexibility index (Phi) is 5.21. The number of carbonyl (C=O) groups excluding carboxylic acids is 1. The highest BCUT2D eigenvalue weighted by Crippen LogP contribution is 2.15. The van der Waals surface area contributed by atoms with Gasteiger partial charge in [-0.15, -0.1) is 0 Å². The number of hydrogen-bond donors (Lipinski definition) is 2. The number of hydrogen-bond acceptors (Lipinski definition) is 3. The second-order valence-electron chi connectivity index (χ2n) is 4.96. The third-order valence-electron chi connectivity index (χ3n) is 3.35. The van der Waals surface area contributed by atoms with E-state index in [1.54, 1.807) is 0 Å². The maximum atomic E-state index is 12.3. The molecule has 0 aromatic heterocycles. The van der Waals surface area contributed by atoms with Gasteiger partial charge in [0.15, 0.2) is 0 Å². The minimum atomic E-state index is -0.0129. The van der Waals surface area contributed by atoms with Gasteiger partial charge in [-0.2, -0.15) is 0 Å². The van der Waals surface area contributed by atoms with E-state index in [1.807, 2.05) is 29.3 Å². The molecule has 4 nitrogen and oxygen atoms in total. The molecular formula is C15H23N3O. The molecule has 0 bridgehead atoms. The predicted molar refractivity (Wildman–Crippen MR) is 78.1 cm³/mol. The number of para-hydroxylation sites is 1. The third kappa shape index (κ3) is 3.96. The van der Waals surface area contributed by atoms with Crippen LogP contribution in [0.4, 0.5) is 5.69 Å². The van der Waals surface area contributed by atoms with Gasteiger partial charge < -0.3 is 5.32 Å². The van der Waals surface area contributed by atoms with E-state index in [1.165, 1.54) is 6.42 Å². The summed E-state index contributed by atoms with van der Waals surface area (Å²) in [4.78, 5) is 12.3. The molecule has 1 aliphatic heterocycles. The second-order valence-corrected chi connectivity index (χ2v) is 4.96. The molecule has 19 heavy (non-hydrogen) atoms. The minimum absolute atomic E-state index is 0.0129. The van der Waals surface area contributed by atoms with Gasteiger partial charge in [-0.05, 0) is 31.4 Å². The van der Waals surface area contributed by atoms with E-state index in [0.29, 0.717) is 0 Å². The monoisotopic (exact) mass is 261 g/mol. The maximum absolute atomic E-state index is 12.3. The Bertz CT molecular complexity index is 414. The number of rotatable bonds is 5. The Balaban J connectivity index is 2.00. The van der Waals surface area contributed by atoms with Crippen molar-refractivity contribution in [2.24, 2.45) is 0 Å². The zero-order chi connectivity index (χ0) is 13.5. The van der Waals surface area contributed by atoms with Gasteiger partial charge in [-0.3, -0.25) is 10.2 Å². The smallest absolute Gasteiger partial charge is 0.267 e. The molecule has 1 amide bonds. The number of benzene rings is 1. The molecule has 0 spiro atoms. The molecule has 1 heterocycles. The average molecular weight is 261 g/mol. The van der Waals surface area contributed by atoms with Crippen LogP contribution in [0.3, 0.4) is 0 Å². The van der Waals surface area contributed by atoms with Crippen molar-refractivity contribution in [3.05, 3.63) is 29.8 Å². The first-order valence-electron chi connectivity index (χ1n) is 7.20. The lowest BCUT2D eigenvalue weighted by atomic mass is 10.1. The molecule has 104 valence electrons. The molecular weight excluding hydrogens is 238 g/mol. The molecule has 0 aliphatic carbocycles.